The van der Waals surface area contributed by atoms with E-state index in [9.17, 15) is 9.90 Å². The maximum atomic E-state index is 12.4. The van der Waals surface area contributed by atoms with Crippen molar-refractivity contribution in [2.24, 2.45) is 11.8 Å². The van der Waals surface area contributed by atoms with E-state index in [-0.39, 0.29) is 24.5 Å². The SMILES string of the molecule is O=C(c1ccc(CO)cc1)N1CC2CCC(O)C2C1. The van der Waals surface area contributed by atoms with Gasteiger partial charge in [-0.2, -0.15) is 0 Å². The Kier molecular flexibility index (Phi) is 3.29. The lowest BCUT2D eigenvalue weighted by Crippen LogP contribution is -2.31. The zero-order chi connectivity index (χ0) is 13.4. The van der Waals surface area contributed by atoms with E-state index in [4.69, 9.17) is 5.11 Å². The highest BCUT2D eigenvalue weighted by molar-refractivity contribution is 5.94. The topological polar surface area (TPSA) is 60.8 Å². The quantitative estimate of drug-likeness (QED) is 0.835. The third-order valence-corrected chi connectivity index (χ3v) is 4.49. The van der Waals surface area contributed by atoms with Crippen LogP contribution in [0.15, 0.2) is 24.3 Å². The second-order valence-corrected chi connectivity index (χ2v) is 5.63. The summed E-state index contributed by atoms with van der Waals surface area (Å²) in [4.78, 5) is 14.2. The molecule has 3 unspecified atom stereocenters. The predicted octanol–water partition coefficient (Wildman–Crippen LogP) is 1.02. The number of hydrogen-bond acceptors (Lipinski definition) is 3. The number of fused-ring (bicyclic) bond motifs is 1. The van der Waals surface area contributed by atoms with Gasteiger partial charge in [0, 0.05) is 24.6 Å². The summed E-state index contributed by atoms with van der Waals surface area (Å²) in [7, 11) is 0. The van der Waals surface area contributed by atoms with Gasteiger partial charge >= 0.3 is 0 Å². The maximum Gasteiger partial charge on any atom is 0.253 e. The predicted molar refractivity (Wildman–Crippen MR) is 70.5 cm³/mol. The van der Waals surface area contributed by atoms with Crippen molar-refractivity contribution >= 4 is 5.91 Å². The van der Waals surface area contributed by atoms with Crippen LogP contribution in [0.5, 0.6) is 0 Å². The van der Waals surface area contributed by atoms with Gasteiger partial charge in [0.1, 0.15) is 0 Å². The van der Waals surface area contributed by atoms with Crippen molar-refractivity contribution in [1.29, 1.82) is 0 Å². The molecule has 3 atom stereocenters. The van der Waals surface area contributed by atoms with E-state index in [0.717, 1.165) is 24.9 Å². The molecule has 1 heterocycles. The van der Waals surface area contributed by atoms with Crippen LogP contribution >= 0.6 is 0 Å². The van der Waals surface area contributed by atoms with Crippen LogP contribution < -0.4 is 0 Å². The minimum atomic E-state index is -0.237. The fourth-order valence-electron chi connectivity index (χ4n) is 3.34. The van der Waals surface area contributed by atoms with Gasteiger partial charge < -0.3 is 15.1 Å². The Morgan fingerprint density at radius 2 is 1.95 bits per heavy atom. The molecule has 102 valence electrons. The summed E-state index contributed by atoms with van der Waals surface area (Å²) in [6, 6.07) is 7.08. The Bertz CT molecular complexity index is 471. The molecule has 1 saturated heterocycles. The average Bonchev–Trinajstić information content (AvgIpc) is 3.01. The summed E-state index contributed by atoms with van der Waals surface area (Å²) in [5, 5.41) is 18.9. The molecule has 1 amide bonds. The second kappa shape index (κ2) is 4.94. The molecule has 2 aliphatic rings. The van der Waals surface area contributed by atoms with Gasteiger partial charge in [0.2, 0.25) is 0 Å². The van der Waals surface area contributed by atoms with Gasteiger partial charge in [0.25, 0.3) is 5.91 Å². The van der Waals surface area contributed by atoms with Gasteiger partial charge in [-0.15, -0.1) is 0 Å². The molecule has 0 radical (unpaired) electrons. The zero-order valence-electron chi connectivity index (χ0n) is 10.8. The monoisotopic (exact) mass is 261 g/mol. The van der Waals surface area contributed by atoms with Crippen molar-refractivity contribution in [3.05, 3.63) is 35.4 Å². The van der Waals surface area contributed by atoms with Crippen molar-refractivity contribution in [3.63, 3.8) is 0 Å². The highest BCUT2D eigenvalue weighted by Gasteiger charge is 2.43. The molecule has 1 aromatic rings. The van der Waals surface area contributed by atoms with E-state index in [2.05, 4.69) is 0 Å². The molecule has 1 aliphatic carbocycles. The number of benzene rings is 1. The lowest BCUT2D eigenvalue weighted by Gasteiger charge is -2.18. The van der Waals surface area contributed by atoms with Gasteiger partial charge in [-0.05, 0) is 36.5 Å². The third-order valence-electron chi connectivity index (χ3n) is 4.49. The number of aliphatic hydroxyl groups excluding tert-OH is 2. The summed E-state index contributed by atoms with van der Waals surface area (Å²) in [5.41, 5.74) is 1.47. The van der Waals surface area contributed by atoms with Crippen LogP contribution in [-0.4, -0.2) is 40.2 Å². The van der Waals surface area contributed by atoms with E-state index >= 15 is 0 Å². The standard InChI is InChI=1S/C15H19NO3/c17-9-10-1-3-11(4-2-10)15(19)16-7-12-5-6-14(18)13(12)8-16/h1-4,12-14,17-18H,5-9H2. The number of rotatable bonds is 2. The molecular weight excluding hydrogens is 242 g/mol. The lowest BCUT2D eigenvalue weighted by molar-refractivity contribution is 0.0752. The van der Waals surface area contributed by atoms with Gasteiger partial charge in [0.15, 0.2) is 0 Å². The number of carbonyl (C=O) groups is 1. The fraction of sp³-hybridized carbons (Fsp3) is 0.533. The molecule has 0 aromatic heterocycles. The fourth-order valence-corrected chi connectivity index (χ4v) is 3.34. The van der Waals surface area contributed by atoms with Crippen LogP contribution in [0.4, 0.5) is 0 Å². The Morgan fingerprint density at radius 1 is 1.21 bits per heavy atom. The van der Waals surface area contributed by atoms with E-state index in [1.807, 2.05) is 4.90 Å². The average molecular weight is 261 g/mol. The van der Waals surface area contributed by atoms with Crippen LogP contribution in [0.2, 0.25) is 0 Å². The minimum absolute atomic E-state index is 0.00543. The Hall–Kier alpha value is -1.39. The molecule has 19 heavy (non-hydrogen) atoms. The van der Waals surface area contributed by atoms with E-state index < -0.39 is 0 Å². The van der Waals surface area contributed by atoms with E-state index in [1.54, 1.807) is 24.3 Å². The molecule has 0 spiro atoms. The summed E-state index contributed by atoms with van der Waals surface area (Å²) in [5.74, 6) is 0.766. The summed E-state index contributed by atoms with van der Waals surface area (Å²) < 4.78 is 0. The molecular formula is C15H19NO3. The number of amides is 1. The van der Waals surface area contributed by atoms with Gasteiger partial charge in [0.05, 0.1) is 12.7 Å². The van der Waals surface area contributed by atoms with Gasteiger partial charge in [-0.1, -0.05) is 12.1 Å². The third kappa shape index (κ3) is 2.26. The Labute approximate surface area is 112 Å². The van der Waals surface area contributed by atoms with Crippen molar-refractivity contribution in [1.82, 2.24) is 4.90 Å². The number of hydrogen-bond donors (Lipinski definition) is 2. The summed E-state index contributed by atoms with van der Waals surface area (Å²) in [6.07, 6.45) is 1.67. The minimum Gasteiger partial charge on any atom is -0.393 e. The van der Waals surface area contributed by atoms with Crippen molar-refractivity contribution in [2.45, 2.75) is 25.6 Å². The highest BCUT2D eigenvalue weighted by Crippen LogP contribution is 2.38. The smallest absolute Gasteiger partial charge is 0.253 e. The Balaban J connectivity index is 1.71. The van der Waals surface area contributed by atoms with E-state index in [0.29, 0.717) is 18.0 Å². The molecule has 2 N–H and O–H groups in total. The maximum absolute atomic E-state index is 12.4. The molecule has 4 nitrogen and oxygen atoms in total. The van der Waals surface area contributed by atoms with Crippen LogP contribution in [0, 0.1) is 11.8 Å². The zero-order valence-corrected chi connectivity index (χ0v) is 10.8. The Morgan fingerprint density at radius 3 is 2.58 bits per heavy atom. The molecule has 1 aliphatic heterocycles. The first-order valence-electron chi connectivity index (χ1n) is 6.86. The van der Waals surface area contributed by atoms with Crippen LogP contribution in [0.25, 0.3) is 0 Å². The molecule has 1 saturated carbocycles. The first kappa shape index (κ1) is 12.6. The van der Waals surface area contributed by atoms with Crippen LogP contribution in [0.1, 0.15) is 28.8 Å². The van der Waals surface area contributed by atoms with Crippen LogP contribution in [0.3, 0.4) is 0 Å². The van der Waals surface area contributed by atoms with Crippen LogP contribution in [-0.2, 0) is 6.61 Å². The summed E-state index contributed by atoms with van der Waals surface area (Å²) >= 11 is 0. The highest BCUT2D eigenvalue weighted by atomic mass is 16.3. The molecule has 3 rings (SSSR count). The van der Waals surface area contributed by atoms with E-state index in [1.165, 1.54) is 0 Å². The largest absolute Gasteiger partial charge is 0.393 e. The number of carbonyl (C=O) groups excluding carboxylic acids is 1. The second-order valence-electron chi connectivity index (χ2n) is 5.63. The first-order valence-corrected chi connectivity index (χ1v) is 6.86. The normalized spacial score (nSPS) is 29.6. The molecule has 4 heteroatoms. The van der Waals surface area contributed by atoms with Crippen molar-refractivity contribution in [2.75, 3.05) is 13.1 Å². The first-order chi connectivity index (χ1) is 9.19. The number of aliphatic hydroxyl groups is 2. The van der Waals surface area contributed by atoms with Gasteiger partial charge in [-0.25, -0.2) is 0 Å². The van der Waals surface area contributed by atoms with Crippen molar-refractivity contribution in [3.8, 4) is 0 Å². The molecule has 2 fully saturated rings. The lowest BCUT2D eigenvalue weighted by atomic mass is 10.00. The summed E-state index contributed by atoms with van der Waals surface area (Å²) in [6.45, 7) is 1.43. The number of nitrogens with zero attached hydrogens (tertiary/aromatic N) is 1. The molecule has 0 bridgehead atoms. The number of likely N-dealkylation sites (tertiary alicyclic amines) is 1. The molecule has 1 aromatic carbocycles. The van der Waals surface area contributed by atoms with Gasteiger partial charge in [-0.3, -0.25) is 4.79 Å². The van der Waals surface area contributed by atoms with Crippen molar-refractivity contribution < 1.29 is 15.0 Å².